The Bertz CT molecular complexity index is 329. The molecule has 1 saturated carbocycles. The van der Waals surface area contributed by atoms with Crippen molar-refractivity contribution in [2.45, 2.75) is 32.3 Å². The standard InChI is InChI=1S/C12H15FO/c1-12(2)10(7-11(12)14)8-3-5-9(13)6-4-8/h3-6,10-11,14H,7H2,1-2H3. The number of halogens is 1. The van der Waals surface area contributed by atoms with Gasteiger partial charge in [0.05, 0.1) is 6.10 Å². The molecule has 0 heterocycles. The van der Waals surface area contributed by atoms with Crippen molar-refractivity contribution in [2.24, 2.45) is 5.41 Å². The van der Waals surface area contributed by atoms with Crippen molar-refractivity contribution in [1.82, 2.24) is 0 Å². The molecule has 1 aromatic rings. The van der Waals surface area contributed by atoms with Crippen molar-refractivity contribution in [2.75, 3.05) is 0 Å². The predicted octanol–water partition coefficient (Wildman–Crippen LogP) is 2.70. The van der Waals surface area contributed by atoms with Crippen LogP contribution < -0.4 is 0 Å². The summed E-state index contributed by atoms with van der Waals surface area (Å²) in [6, 6.07) is 6.59. The van der Waals surface area contributed by atoms with Gasteiger partial charge in [-0.05, 0) is 35.4 Å². The quantitative estimate of drug-likeness (QED) is 0.728. The van der Waals surface area contributed by atoms with Crippen molar-refractivity contribution in [3.63, 3.8) is 0 Å². The Morgan fingerprint density at radius 1 is 1.29 bits per heavy atom. The lowest BCUT2D eigenvalue weighted by atomic mass is 9.58. The lowest BCUT2D eigenvalue weighted by Crippen LogP contribution is -2.47. The van der Waals surface area contributed by atoms with E-state index in [-0.39, 0.29) is 17.3 Å². The van der Waals surface area contributed by atoms with E-state index in [0.717, 1.165) is 12.0 Å². The summed E-state index contributed by atoms with van der Waals surface area (Å²) < 4.78 is 12.7. The molecule has 2 atom stereocenters. The molecule has 1 N–H and O–H groups in total. The first-order valence-corrected chi connectivity index (χ1v) is 4.95. The highest BCUT2D eigenvalue weighted by molar-refractivity contribution is 5.26. The Kier molecular flexibility index (Phi) is 2.11. The van der Waals surface area contributed by atoms with Crippen LogP contribution in [-0.4, -0.2) is 11.2 Å². The molecule has 0 aromatic heterocycles. The fourth-order valence-electron chi connectivity index (χ4n) is 2.16. The second-order valence-corrected chi connectivity index (χ2v) is 4.68. The molecule has 1 aliphatic carbocycles. The largest absolute Gasteiger partial charge is 0.393 e. The van der Waals surface area contributed by atoms with E-state index in [0.29, 0.717) is 5.92 Å². The SMILES string of the molecule is CC1(C)C(O)CC1c1ccc(F)cc1. The van der Waals surface area contributed by atoms with Gasteiger partial charge in [0.25, 0.3) is 0 Å². The smallest absolute Gasteiger partial charge is 0.123 e. The maximum atomic E-state index is 12.7. The van der Waals surface area contributed by atoms with Crippen LogP contribution in [0.1, 0.15) is 31.7 Å². The monoisotopic (exact) mass is 194 g/mol. The maximum absolute atomic E-state index is 12.7. The summed E-state index contributed by atoms with van der Waals surface area (Å²) in [5.74, 6) is 0.157. The molecule has 1 aliphatic rings. The molecule has 0 radical (unpaired) electrons. The van der Waals surface area contributed by atoms with Crippen LogP contribution in [0.2, 0.25) is 0 Å². The van der Waals surface area contributed by atoms with Gasteiger partial charge in [-0.2, -0.15) is 0 Å². The molecule has 1 nitrogen and oxygen atoms in total. The summed E-state index contributed by atoms with van der Waals surface area (Å²) in [6.07, 6.45) is 0.566. The minimum Gasteiger partial charge on any atom is -0.393 e. The summed E-state index contributed by atoms with van der Waals surface area (Å²) in [7, 11) is 0. The minimum atomic E-state index is -0.224. The van der Waals surface area contributed by atoms with Crippen LogP contribution in [0, 0.1) is 11.2 Å². The van der Waals surface area contributed by atoms with E-state index in [1.54, 1.807) is 0 Å². The molecule has 2 unspecified atom stereocenters. The van der Waals surface area contributed by atoms with Crippen LogP contribution in [-0.2, 0) is 0 Å². The Labute approximate surface area is 83.6 Å². The zero-order valence-corrected chi connectivity index (χ0v) is 8.50. The molecule has 1 fully saturated rings. The molecule has 1 aromatic carbocycles. The van der Waals surface area contributed by atoms with Gasteiger partial charge in [-0.15, -0.1) is 0 Å². The molecule has 2 heteroatoms. The third-order valence-corrected chi connectivity index (χ3v) is 3.49. The number of rotatable bonds is 1. The van der Waals surface area contributed by atoms with Gasteiger partial charge in [0.15, 0.2) is 0 Å². The minimum absolute atomic E-state index is 0.0716. The molecule has 14 heavy (non-hydrogen) atoms. The van der Waals surface area contributed by atoms with Gasteiger partial charge in [-0.3, -0.25) is 0 Å². The molecule has 0 bridgehead atoms. The summed E-state index contributed by atoms with van der Waals surface area (Å²) in [6.45, 7) is 4.10. The lowest BCUT2D eigenvalue weighted by Gasteiger charge is -2.49. The third kappa shape index (κ3) is 1.34. The molecule has 0 spiro atoms. The van der Waals surface area contributed by atoms with E-state index >= 15 is 0 Å². The van der Waals surface area contributed by atoms with Gasteiger partial charge < -0.3 is 5.11 Å². The van der Waals surface area contributed by atoms with Crippen LogP contribution in [0.3, 0.4) is 0 Å². The van der Waals surface area contributed by atoms with Crippen molar-refractivity contribution in [3.8, 4) is 0 Å². The van der Waals surface area contributed by atoms with Gasteiger partial charge >= 0.3 is 0 Å². The van der Waals surface area contributed by atoms with Crippen molar-refractivity contribution in [1.29, 1.82) is 0 Å². The fourth-order valence-corrected chi connectivity index (χ4v) is 2.16. The Balaban J connectivity index is 2.22. The highest BCUT2D eigenvalue weighted by atomic mass is 19.1. The van der Waals surface area contributed by atoms with Crippen molar-refractivity contribution < 1.29 is 9.50 Å². The normalized spacial score (nSPS) is 29.7. The number of hydrogen-bond donors (Lipinski definition) is 1. The topological polar surface area (TPSA) is 20.2 Å². The van der Waals surface area contributed by atoms with Crippen LogP contribution in [0.4, 0.5) is 4.39 Å². The molecule has 2 rings (SSSR count). The number of aliphatic hydroxyl groups is 1. The fraction of sp³-hybridized carbons (Fsp3) is 0.500. The average molecular weight is 194 g/mol. The van der Waals surface area contributed by atoms with Crippen molar-refractivity contribution >= 4 is 0 Å². The van der Waals surface area contributed by atoms with Gasteiger partial charge in [0.1, 0.15) is 5.82 Å². The van der Waals surface area contributed by atoms with Gasteiger partial charge in [-0.25, -0.2) is 4.39 Å². The van der Waals surface area contributed by atoms with E-state index in [9.17, 15) is 9.50 Å². The van der Waals surface area contributed by atoms with Gasteiger partial charge in [0.2, 0.25) is 0 Å². The Morgan fingerprint density at radius 3 is 2.29 bits per heavy atom. The highest BCUT2D eigenvalue weighted by Crippen LogP contribution is 2.52. The number of aliphatic hydroxyl groups excluding tert-OH is 1. The predicted molar refractivity (Wildman–Crippen MR) is 53.5 cm³/mol. The zero-order chi connectivity index (χ0) is 10.3. The second kappa shape index (κ2) is 3.06. The molecular formula is C12H15FO. The van der Waals surface area contributed by atoms with E-state index in [1.807, 2.05) is 12.1 Å². The first-order chi connectivity index (χ1) is 6.51. The first-order valence-electron chi connectivity index (χ1n) is 4.95. The molecular weight excluding hydrogens is 179 g/mol. The molecule has 76 valence electrons. The first kappa shape index (κ1) is 9.66. The maximum Gasteiger partial charge on any atom is 0.123 e. The van der Waals surface area contributed by atoms with Crippen LogP contribution >= 0.6 is 0 Å². The number of hydrogen-bond acceptors (Lipinski definition) is 1. The summed E-state index contributed by atoms with van der Waals surface area (Å²) >= 11 is 0. The lowest BCUT2D eigenvalue weighted by molar-refractivity contribution is -0.0625. The summed E-state index contributed by atoms with van der Waals surface area (Å²) in [4.78, 5) is 0. The summed E-state index contributed by atoms with van der Waals surface area (Å²) in [5, 5.41) is 9.59. The summed E-state index contributed by atoms with van der Waals surface area (Å²) in [5.41, 5.74) is 1.05. The van der Waals surface area contributed by atoms with Gasteiger partial charge in [-0.1, -0.05) is 26.0 Å². The molecule has 0 amide bonds. The van der Waals surface area contributed by atoms with Crippen LogP contribution in [0.5, 0.6) is 0 Å². The van der Waals surface area contributed by atoms with E-state index in [1.165, 1.54) is 12.1 Å². The van der Waals surface area contributed by atoms with E-state index < -0.39 is 0 Å². The van der Waals surface area contributed by atoms with E-state index in [2.05, 4.69) is 13.8 Å². The van der Waals surface area contributed by atoms with Crippen LogP contribution in [0.25, 0.3) is 0 Å². The Hall–Kier alpha value is -0.890. The van der Waals surface area contributed by atoms with Crippen LogP contribution in [0.15, 0.2) is 24.3 Å². The second-order valence-electron chi connectivity index (χ2n) is 4.68. The highest BCUT2D eigenvalue weighted by Gasteiger charge is 2.47. The molecule has 0 saturated heterocycles. The van der Waals surface area contributed by atoms with E-state index in [4.69, 9.17) is 0 Å². The zero-order valence-electron chi connectivity index (χ0n) is 8.50. The Morgan fingerprint density at radius 2 is 1.86 bits per heavy atom. The third-order valence-electron chi connectivity index (χ3n) is 3.49. The van der Waals surface area contributed by atoms with Crippen molar-refractivity contribution in [3.05, 3.63) is 35.6 Å². The van der Waals surface area contributed by atoms with Gasteiger partial charge in [0, 0.05) is 0 Å². The molecule has 0 aliphatic heterocycles. The number of benzene rings is 1. The average Bonchev–Trinajstić information content (AvgIpc) is 2.16.